The molecule has 0 saturated carbocycles. The Kier molecular flexibility index (Phi) is 8.45. The van der Waals surface area contributed by atoms with Crippen LogP contribution in [0.2, 0.25) is 0 Å². The van der Waals surface area contributed by atoms with Crippen molar-refractivity contribution in [1.82, 2.24) is 10.3 Å². The lowest BCUT2D eigenvalue weighted by atomic mass is 10.1. The summed E-state index contributed by atoms with van der Waals surface area (Å²) in [6.07, 6.45) is -3.32. The van der Waals surface area contributed by atoms with Crippen molar-refractivity contribution < 1.29 is 32.2 Å². The molecule has 1 N–H and O–H groups in total. The van der Waals surface area contributed by atoms with Crippen LogP contribution < -0.4 is 10.2 Å². The second-order valence-electron chi connectivity index (χ2n) is 7.14. The first-order chi connectivity index (χ1) is 15.7. The molecule has 2 amide bonds. The number of carbonyl (C=O) groups excluding carboxylic acids is 2. The number of amides is 2. The minimum atomic E-state index is -4.47. The van der Waals surface area contributed by atoms with Crippen molar-refractivity contribution in [2.45, 2.75) is 12.6 Å². The van der Waals surface area contributed by atoms with E-state index in [-0.39, 0.29) is 24.5 Å². The molecular weight excluding hydrogens is 507 g/mol. The quantitative estimate of drug-likeness (QED) is 0.442. The standard InChI is InChI=1S/C22H21BrF3N3O4/c23-18-11-16(4-5-19(18)33-14-21(31)29-6-8-32-9-7-29)13-27-28-20(30)12-15-2-1-3-17(10-15)22(24,25)26/h1-5,10-11,13H,6-9,12,14H2,(H,28,30)/b27-13+. The lowest BCUT2D eigenvalue weighted by Gasteiger charge is -2.26. The van der Waals surface area contributed by atoms with E-state index in [1.165, 1.54) is 18.3 Å². The van der Waals surface area contributed by atoms with Crippen LogP contribution >= 0.6 is 15.9 Å². The van der Waals surface area contributed by atoms with Gasteiger partial charge in [0.05, 0.1) is 35.9 Å². The molecule has 1 aliphatic rings. The van der Waals surface area contributed by atoms with Crippen LogP contribution in [-0.4, -0.2) is 55.8 Å². The maximum atomic E-state index is 12.8. The van der Waals surface area contributed by atoms with Gasteiger partial charge in [0, 0.05) is 13.1 Å². The Bertz CT molecular complexity index is 1020. The van der Waals surface area contributed by atoms with Gasteiger partial charge in [-0.05, 0) is 51.3 Å². The number of alkyl halides is 3. The Labute approximate surface area is 196 Å². The number of nitrogens with zero attached hydrogens (tertiary/aromatic N) is 2. The van der Waals surface area contributed by atoms with Crippen molar-refractivity contribution in [3.05, 3.63) is 63.6 Å². The average Bonchev–Trinajstić information content (AvgIpc) is 2.78. The molecule has 0 aromatic heterocycles. The molecule has 0 unspecified atom stereocenters. The minimum absolute atomic E-state index is 0.0996. The Morgan fingerprint density at radius 1 is 1.18 bits per heavy atom. The maximum absolute atomic E-state index is 12.8. The Balaban J connectivity index is 1.49. The summed E-state index contributed by atoms with van der Waals surface area (Å²) >= 11 is 3.37. The molecule has 1 saturated heterocycles. The Morgan fingerprint density at radius 3 is 2.64 bits per heavy atom. The third-order valence-electron chi connectivity index (χ3n) is 4.69. The summed E-state index contributed by atoms with van der Waals surface area (Å²) in [5, 5.41) is 3.83. The number of carbonyl (C=O) groups is 2. The van der Waals surface area contributed by atoms with Gasteiger partial charge in [0.15, 0.2) is 6.61 Å². The summed E-state index contributed by atoms with van der Waals surface area (Å²) in [5.41, 5.74) is 2.34. The molecule has 3 rings (SSSR count). The third-order valence-corrected chi connectivity index (χ3v) is 5.31. The van der Waals surface area contributed by atoms with Crippen molar-refractivity contribution in [3.63, 3.8) is 0 Å². The first kappa shape index (κ1) is 24.7. The monoisotopic (exact) mass is 527 g/mol. The molecule has 33 heavy (non-hydrogen) atoms. The first-order valence-corrected chi connectivity index (χ1v) is 10.8. The lowest BCUT2D eigenvalue weighted by Crippen LogP contribution is -2.43. The number of hydrogen-bond acceptors (Lipinski definition) is 5. The van der Waals surface area contributed by atoms with E-state index in [1.54, 1.807) is 23.1 Å². The van der Waals surface area contributed by atoms with Crippen LogP contribution in [0.25, 0.3) is 0 Å². The number of hydrazone groups is 1. The molecule has 7 nitrogen and oxygen atoms in total. The highest BCUT2D eigenvalue weighted by atomic mass is 79.9. The number of nitrogens with one attached hydrogen (secondary N) is 1. The van der Waals surface area contributed by atoms with Crippen LogP contribution in [0.5, 0.6) is 5.75 Å². The Hall–Kier alpha value is -2.92. The molecule has 0 spiro atoms. The average molecular weight is 528 g/mol. The fourth-order valence-corrected chi connectivity index (χ4v) is 3.53. The van der Waals surface area contributed by atoms with Gasteiger partial charge < -0.3 is 14.4 Å². The zero-order valence-electron chi connectivity index (χ0n) is 17.4. The molecule has 1 heterocycles. The topological polar surface area (TPSA) is 80.2 Å². The van der Waals surface area contributed by atoms with Crippen LogP contribution in [0.15, 0.2) is 52.0 Å². The predicted octanol–water partition coefficient (Wildman–Crippen LogP) is 3.40. The van der Waals surface area contributed by atoms with Crippen molar-refractivity contribution in [2.24, 2.45) is 5.10 Å². The zero-order valence-corrected chi connectivity index (χ0v) is 19.0. The molecule has 11 heteroatoms. The smallest absolute Gasteiger partial charge is 0.416 e. The highest BCUT2D eigenvalue weighted by molar-refractivity contribution is 9.10. The highest BCUT2D eigenvalue weighted by Gasteiger charge is 2.30. The number of rotatable bonds is 7. The third kappa shape index (κ3) is 7.57. The summed E-state index contributed by atoms with van der Waals surface area (Å²) in [7, 11) is 0. The fourth-order valence-electron chi connectivity index (χ4n) is 3.02. The lowest BCUT2D eigenvalue weighted by molar-refractivity contribution is -0.138. The summed E-state index contributed by atoms with van der Waals surface area (Å²) in [6, 6.07) is 9.61. The van der Waals surface area contributed by atoms with Gasteiger partial charge in [-0.2, -0.15) is 18.3 Å². The van der Waals surface area contributed by atoms with E-state index in [9.17, 15) is 22.8 Å². The van der Waals surface area contributed by atoms with Crippen LogP contribution in [0.3, 0.4) is 0 Å². The van der Waals surface area contributed by atoms with Gasteiger partial charge in [-0.3, -0.25) is 9.59 Å². The van der Waals surface area contributed by atoms with E-state index in [0.717, 1.165) is 12.1 Å². The number of benzene rings is 2. The number of hydrogen-bond donors (Lipinski definition) is 1. The molecule has 2 aromatic carbocycles. The molecular formula is C22H21BrF3N3O4. The number of ether oxygens (including phenoxy) is 2. The van der Waals surface area contributed by atoms with Crippen LogP contribution in [0, 0.1) is 0 Å². The van der Waals surface area contributed by atoms with E-state index < -0.39 is 17.6 Å². The molecule has 0 radical (unpaired) electrons. The largest absolute Gasteiger partial charge is 0.483 e. The summed E-state index contributed by atoms with van der Waals surface area (Å²) < 4.78 is 49.7. The normalized spacial score (nSPS) is 14.4. The SMILES string of the molecule is O=C(Cc1cccc(C(F)(F)F)c1)N/N=C/c1ccc(OCC(=O)N2CCOCC2)c(Br)c1. The van der Waals surface area contributed by atoms with E-state index in [1.807, 2.05) is 0 Å². The van der Waals surface area contributed by atoms with Gasteiger partial charge in [-0.1, -0.05) is 18.2 Å². The number of halogens is 4. The molecule has 1 aliphatic heterocycles. The van der Waals surface area contributed by atoms with Crippen LogP contribution in [-0.2, 0) is 26.9 Å². The zero-order chi connectivity index (χ0) is 23.8. The van der Waals surface area contributed by atoms with Crippen LogP contribution in [0.1, 0.15) is 16.7 Å². The van der Waals surface area contributed by atoms with Gasteiger partial charge in [-0.15, -0.1) is 0 Å². The number of morpholine rings is 1. The first-order valence-electron chi connectivity index (χ1n) is 9.98. The second kappa shape index (κ2) is 11.3. The predicted molar refractivity (Wildman–Crippen MR) is 118 cm³/mol. The van der Waals surface area contributed by atoms with E-state index in [4.69, 9.17) is 9.47 Å². The highest BCUT2D eigenvalue weighted by Crippen LogP contribution is 2.29. The van der Waals surface area contributed by atoms with Crippen molar-refractivity contribution in [3.8, 4) is 5.75 Å². The summed E-state index contributed by atoms with van der Waals surface area (Å²) in [4.78, 5) is 25.8. The summed E-state index contributed by atoms with van der Waals surface area (Å²) in [6.45, 7) is 2.01. The second-order valence-corrected chi connectivity index (χ2v) is 7.99. The fraction of sp³-hybridized carbons (Fsp3) is 0.318. The van der Waals surface area contributed by atoms with Gasteiger partial charge in [-0.25, -0.2) is 5.43 Å². The molecule has 0 atom stereocenters. The van der Waals surface area contributed by atoms with Gasteiger partial charge in [0.2, 0.25) is 5.91 Å². The van der Waals surface area contributed by atoms with E-state index in [0.29, 0.717) is 42.1 Å². The van der Waals surface area contributed by atoms with Crippen molar-refractivity contribution in [1.29, 1.82) is 0 Å². The Morgan fingerprint density at radius 2 is 1.94 bits per heavy atom. The van der Waals surface area contributed by atoms with E-state index >= 15 is 0 Å². The molecule has 0 bridgehead atoms. The van der Waals surface area contributed by atoms with Crippen molar-refractivity contribution in [2.75, 3.05) is 32.9 Å². The van der Waals surface area contributed by atoms with Crippen molar-refractivity contribution >= 4 is 34.0 Å². The molecule has 0 aliphatic carbocycles. The van der Waals surface area contributed by atoms with Gasteiger partial charge in [0.25, 0.3) is 5.91 Å². The molecule has 1 fully saturated rings. The molecule has 2 aromatic rings. The maximum Gasteiger partial charge on any atom is 0.416 e. The molecule has 176 valence electrons. The summed E-state index contributed by atoms with van der Waals surface area (Å²) in [5.74, 6) is -0.201. The van der Waals surface area contributed by atoms with Gasteiger partial charge in [0.1, 0.15) is 5.75 Å². The van der Waals surface area contributed by atoms with E-state index in [2.05, 4.69) is 26.5 Å². The minimum Gasteiger partial charge on any atom is -0.483 e. The van der Waals surface area contributed by atoms with Crippen LogP contribution in [0.4, 0.5) is 13.2 Å². The van der Waals surface area contributed by atoms with Gasteiger partial charge >= 0.3 is 6.18 Å².